The first-order chi connectivity index (χ1) is 12.2. The number of pyridine rings is 1. The normalized spacial score (nSPS) is 12.2. The largest absolute Gasteiger partial charge is 0.377 e. The Morgan fingerprint density at radius 2 is 1.72 bits per heavy atom. The molecule has 0 aliphatic rings. The van der Waals surface area contributed by atoms with Gasteiger partial charge in [0.05, 0.1) is 16.7 Å². The number of anilines is 1. The van der Waals surface area contributed by atoms with Gasteiger partial charge in [0.15, 0.2) is 0 Å². The zero-order valence-electron chi connectivity index (χ0n) is 13.8. The van der Waals surface area contributed by atoms with Crippen molar-refractivity contribution in [3.63, 3.8) is 0 Å². The van der Waals surface area contributed by atoms with E-state index < -0.39 is 0 Å². The van der Waals surface area contributed by atoms with Crippen LogP contribution in [-0.4, -0.2) is 15.0 Å². The van der Waals surface area contributed by atoms with E-state index in [0.717, 1.165) is 27.8 Å². The quantitative estimate of drug-likeness (QED) is 0.527. The molecule has 2 aromatic heterocycles. The molecule has 124 valence electrons. The van der Waals surface area contributed by atoms with Gasteiger partial charge in [0, 0.05) is 24.0 Å². The highest BCUT2D eigenvalue weighted by Gasteiger charge is 2.07. The summed E-state index contributed by atoms with van der Waals surface area (Å²) in [6.07, 6.45) is 3.64. The van der Waals surface area contributed by atoms with Crippen molar-refractivity contribution in [3.05, 3.63) is 83.0 Å². The van der Waals surface area contributed by atoms with Gasteiger partial charge in [0.25, 0.3) is 0 Å². The van der Waals surface area contributed by atoms with Crippen LogP contribution in [-0.2, 0) is 0 Å². The predicted molar refractivity (Wildman–Crippen MR) is 101 cm³/mol. The van der Waals surface area contributed by atoms with Crippen LogP contribution in [0.3, 0.4) is 0 Å². The maximum atomic E-state index is 11.4. The Morgan fingerprint density at radius 1 is 0.920 bits per heavy atom. The van der Waals surface area contributed by atoms with E-state index in [-0.39, 0.29) is 11.7 Å². The monoisotopic (exact) mass is 330 g/mol. The Kier molecular flexibility index (Phi) is 3.82. The summed E-state index contributed by atoms with van der Waals surface area (Å²) >= 11 is 0. The molecule has 2 heterocycles. The minimum Gasteiger partial charge on any atom is -0.377 e. The van der Waals surface area contributed by atoms with Gasteiger partial charge in [-0.05, 0) is 36.2 Å². The van der Waals surface area contributed by atoms with Gasteiger partial charge in [0.2, 0.25) is 0 Å². The van der Waals surface area contributed by atoms with Crippen molar-refractivity contribution in [1.82, 2.24) is 15.0 Å². The van der Waals surface area contributed by atoms with Crippen LogP contribution in [0.5, 0.6) is 0 Å². The van der Waals surface area contributed by atoms with Crippen molar-refractivity contribution in [1.29, 1.82) is 0 Å². The molecule has 0 unspecified atom stereocenters. The summed E-state index contributed by atoms with van der Waals surface area (Å²) in [4.78, 5) is 21.3. The Labute approximate surface area is 144 Å². The number of hydrogen-bond acceptors (Lipinski definition) is 3. The van der Waals surface area contributed by atoms with Crippen molar-refractivity contribution < 1.29 is 0 Å². The van der Waals surface area contributed by atoms with Crippen LogP contribution >= 0.6 is 0 Å². The van der Waals surface area contributed by atoms with Crippen LogP contribution in [0.2, 0.25) is 0 Å². The van der Waals surface area contributed by atoms with Crippen molar-refractivity contribution in [2.75, 3.05) is 5.32 Å². The molecule has 5 heteroatoms. The molecular weight excluding hydrogens is 312 g/mol. The predicted octanol–water partition coefficient (Wildman–Crippen LogP) is 4.09. The minimum absolute atomic E-state index is 0.182. The number of nitrogens with one attached hydrogen (secondary N) is 3. The highest BCUT2D eigenvalue weighted by Crippen LogP contribution is 2.26. The second-order valence-electron chi connectivity index (χ2n) is 6.08. The average Bonchev–Trinajstić information content (AvgIpc) is 3.02. The van der Waals surface area contributed by atoms with E-state index in [1.807, 2.05) is 48.8 Å². The summed E-state index contributed by atoms with van der Waals surface area (Å²) in [5, 5.41) is 3.48. The second kappa shape index (κ2) is 6.28. The summed E-state index contributed by atoms with van der Waals surface area (Å²) in [7, 11) is 0. The third-order valence-electron chi connectivity index (χ3n) is 4.27. The fourth-order valence-corrected chi connectivity index (χ4v) is 2.96. The number of aromatic nitrogens is 3. The standard InChI is InChI=1S/C20H18N4O/c1-13(14-5-3-2-4-6-14)22-17-9-16(11-21-12-17)15-7-8-18-19(10-15)24-20(25)23-18/h2-13,22H,1H3,(H2,23,24,25)/t13-/m1/s1. The maximum absolute atomic E-state index is 11.4. The molecule has 0 radical (unpaired) electrons. The molecule has 0 bridgehead atoms. The van der Waals surface area contributed by atoms with Crippen molar-refractivity contribution in [2.45, 2.75) is 13.0 Å². The molecule has 4 rings (SSSR count). The van der Waals surface area contributed by atoms with Crippen LogP contribution < -0.4 is 11.0 Å². The van der Waals surface area contributed by atoms with E-state index in [1.165, 1.54) is 5.56 Å². The van der Waals surface area contributed by atoms with Gasteiger partial charge >= 0.3 is 5.69 Å². The summed E-state index contributed by atoms with van der Waals surface area (Å²) in [5.74, 6) is 0. The first-order valence-corrected chi connectivity index (χ1v) is 8.18. The SMILES string of the molecule is C[C@@H](Nc1cncc(-c2ccc3[nH]c(=O)[nH]c3c2)c1)c1ccccc1. The number of imidazole rings is 1. The third kappa shape index (κ3) is 3.17. The number of H-pyrrole nitrogens is 2. The molecule has 25 heavy (non-hydrogen) atoms. The van der Waals surface area contributed by atoms with Gasteiger partial charge in [-0.1, -0.05) is 36.4 Å². The molecule has 2 aromatic carbocycles. The minimum atomic E-state index is -0.197. The molecule has 0 fully saturated rings. The molecule has 0 saturated heterocycles. The van der Waals surface area contributed by atoms with Crippen LogP contribution in [0.15, 0.2) is 71.8 Å². The van der Waals surface area contributed by atoms with Crippen LogP contribution in [0.4, 0.5) is 5.69 Å². The van der Waals surface area contributed by atoms with Gasteiger partial charge in [-0.25, -0.2) is 4.79 Å². The van der Waals surface area contributed by atoms with Gasteiger partial charge < -0.3 is 15.3 Å². The number of benzene rings is 2. The summed E-state index contributed by atoms with van der Waals surface area (Å²) in [6.45, 7) is 2.12. The lowest BCUT2D eigenvalue weighted by atomic mass is 10.1. The van der Waals surface area contributed by atoms with E-state index in [1.54, 1.807) is 0 Å². The Balaban J connectivity index is 1.63. The first kappa shape index (κ1) is 15.2. The second-order valence-corrected chi connectivity index (χ2v) is 6.08. The van der Waals surface area contributed by atoms with E-state index >= 15 is 0 Å². The number of fused-ring (bicyclic) bond motifs is 1. The maximum Gasteiger partial charge on any atom is 0.323 e. The number of aromatic amines is 2. The van der Waals surface area contributed by atoms with Gasteiger partial charge in [-0.15, -0.1) is 0 Å². The van der Waals surface area contributed by atoms with Gasteiger partial charge in [0.1, 0.15) is 0 Å². The van der Waals surface area contributed by atoms with Crippen LogP contribution in [0, 0.1) is 0 Å². The highest BCUT2D eigenvalue weighted by molar-refractivity contribution is 5.81. The molecule has 0 aliphatic heterocycles. The molecule has 5 nitrogen and oxygen atoms in total. The fourth-order valence-electron chi connectivity index (χ4n) is 2.96. The van der Waals surface area contributed by atoms with Gasteiger partial charge in [-0.3, -0.25) is 4.98 Å². The average molecular weight is 330 g/mol. The van der Waals surface area contributed by atoms with E-state index in [4.69, 9.17) is 0 Å². The molecule has 1 atom stereocenters. The highest BCUT2D eigenvalue weighted by atomic mass is 16.1. The Morgan fingerprint density at radius 3 is 2.56 bits per heavy atom. The zero-order chi connectivity index (χ0) is 17.2. The topological polar surface area (TPSA) is 73.6 Å². The summed E-state index contributed by atoms with van der Waals surface area (Å²) in [6, 6.07) is 18.4. The number of nitrogens with zero attached hydrogens (tertiary/aromatic N) is 1. The third-order valence-corrected chi connectivity index (χ3v) is 4.27. The Bertz CT molecular complexity index is 1070. The molecule has 4 aromatic rings. The van der Waals surface area contributed by atoms with Crippen molar-refractivity contribution in [2.24, 2.45) is 0 Å². The molecule has 0 spiro atoms. The van der Waals surface area contributed by atoms with Crippen LogP contribution in [0.1, 0.15) is 18.5 Å². The van der Waals surface area contributed by atoms with Crippen LogP contribution in [0.25, 0.3) is 22.2 Å². The van der Waals surface area contributed by atoms with E-state index in [2.05, 4.69) is 45.4 Å². The number of rotatable bonds is 4. The summed E-state index contributed by atoms with van der Waals surface area (Å²) in [5.41, 5.74) is 5.57. The van der Waals surface area contributed by atoms with Crippen molar-refractivity contribution >= 4 is 16.7 Å². The lowest BCUT2D eigenvalue weighted by Gasteiger charge is -2.16. The molecule has 3 N–H and O–H groups in total. The lowest BCUT2D eigenvalue weighted by Crippen LogP contribution is -2.06. The Hall–Kier alpha value is -3.34. The first-order valence-electron chi connectivity index (χ1n) is 8.18. The van der Waals surface area contributed by atoms with Crippen molar-refractivity contribution in [3.8, 4) is 11.1 Å². The van der Waals surface area contributed by atoms with E-state index in [0.29, 0.717) is 0 Å². The fraction of sp³-hybridized carbons (Fsp3) is 0.100. The molecule has 0 amide bonds. The molecule has 0 saturated carbocycles. The smallest absolute Gasteiger partial charge is 0.323 e. The van der Waals surface area contributed by atoms with E-state index in [9.17, 15) is 4.79 Å². The summed E-state index contributed by atoms with van der Waals surface area (Å²) < 4.78 is 0. The zero-order valence-corrected chi connectivity index (χ0v) is 13.8. The lowest BCUT2D eigenvalue weighted by molar-refractivity contribution is 0.883. The number of hydrogen-bond donors (Lipinski definition) is 3. The molecule has 0 aliphatic carbocycles. The van der Waals surface area contributed by atoms with Gasteiger partial charge in [-0.2, -0.15) is 0 Å². The molecular formula is C20H18N4O.